The van der Waals surface area contributed by atoms with Gasteiger partial charge in [0.15, 0.2) is 0 Å². The van der Waals surface area contributed by atoms with E-state index in [1.165, 1.54) is 12.4 Å². The SMILES string of the molecule is CC(C)(C)OC(=O)N1CCCC(C(=O)N2CCC(Oc3nccnc3C#N)C2)C1. The summed E-state index contributed by atoms with van der Waals surface area (Å²) in [5.41, 5.74) is -0.423. The molecule has 2 unspecified atom stereocenters. The van der Waals surface area contributed by atoms with Crippen molar-refractivity contribution >= 4 is 12.0 Å². The average molecular weight is 401 g/mol. The third-order valence-corrected chi connectivity index (χ3v) is 4.93. The summed E-state index contributed by atoms with van der Waals surface area (Å²) in [5, 5.41) is 9.10. The number of amides is 2. The number of likely N-dealkylation sites (tertiary alicyclic amines) is 2. The highest BCUT2D eigenvalue weighted by atomic mass is 16.6. The molecule has 2 saturated heterocycles. The van der Waals surface area contributed by atoms with Crippen molar-refractivity contribution in [3.63, 3.8) is 0 Å². The molecule has 29 heavy (non-hydrogen) atoms. The number of ether oxygens (including phenoxy) is 2. The molecular weight excluding hydrogens is 374 g/mol. The van der Waals surface area contributed by atoms with E-state index < -0.39 is 5.60 Å². The highest BCUT2D eigenvalue weighted by Gasteiger charge is 2.36. The van der Waals surface area contributed by atoms with Crippen LogP contribution in [-0.4, -0.2) is 69.7 Å². The molecule has 0 radical (unpaired) electrons. The summed E-state index contributed by atoms with van der Waals surface area (Å²) < 4.78 is 11.2. The molecule has 156 valence electrons. The first-order chi connectivity index (χ1) is 13.8. The molecule has 9 heteroatoms. The van der Waals surface area contributed by atoms with Crippen molar-refractivity contribution in [1.82, 2.24) is 19.8 Å². The first-order valence-corrected chi connectivity index (χ1v) is 9.91. The molecule has 2 aliphatic rings. The van der Waals surface area contributed by atoms with E-state index in [9.17, 15) is 9.59 Å². The molecule has 0 bridgehead atoms. The van der Waals surface area contributed by atoms with Gasteiger partial charge in [-0.1, -0.05) is 0 Å². The van der Waals surface area contributed by atoms with E-state index in [2.05, 4.69) is 9.97 Å². The molecule has 1 aromatic heterocycles. The van der Waals surface area contributed by atoms with Crippen LogP contribution in [0.4, 0.5) is 4.79 Å². The van der Waals surface area contributed by atoms with Gasteiger partial charge < -0.3 is 19.3 Å². The summed E-state index contributed by atoms with van der Waals surface area (Å²) in [5.74, 6) is -0.00622. The van der Waals surface area contributed by atoms with Crippen molar-refractivity contribution in [2.75, 3.05) is 26.2 Å². The van der Waals surface area contributed by atoms with E-state index in [0.717, 1.165) is 12.8 Å². The maximum Gasteiger partial charge on any atom is 0.410 e. The second-order valence-electron chi connectivity index (χ2n) is 8.40. The number of rotatable bonds is 3. The third kappa shape index (κ3) is 5.34. The Kier molecular flexibility index (Phi) is 6.20. The van der Waals surface area contributed by atoms with Gasteiger partial charge in [-0.05, 0) is 33.6 Å². The van der Waals surface area contributed by atoms with E-state index in [0.29, 0.717) is 32.6 Å². The molecule has 2 fully saturated rings. The van der Waals surface area contributed by atoms with Crippen LogP contribution >= 0.6 is 0 Å². The van der Waals surface area contributed by atoms with Crippen LogP contribution in [0.5, 0.6) is 5.88 Å². The summed E-state index contributed by atoms with van der Waals surface area (Å²) in [6.07, 6.45) is 4.50. The first kappa shape index (κ1) is 20.8. The van der Waals surface area contributed by atoms with Gasteiger partial charge in [0.05, 0.1) is 12.5 Å². The Hall–Kier alpha value is -2.89. The van der Waals surface area contributed by atoms with Crippen molar-refractivity contribution < 1.29 is 19.1 Å². The standard InChI is InChI=1S/C20H27N5O4/c1-20(2,3)29-19(27)25-9-4-5-14(12-25)18(26)24-10-6-15(13-24)28-17-16(11-21)22-7-8-23-17/h7-8,14-15H,4-6,9-10,12-13H2,1-3H3. The summed E-state index contributed by atoms with van der Waals surface area (Å²) >= 11 is 0. The van der Waals surface area contributed by atoms with Crippen LogP contribution in [0, 0.1) is 17.2 Å². The maximum atomic E-state index is 13.0. The van der Waals surface area contributed by atoms with Gasteiger partial charge in [-0.25, -0.2) is 14.8 Å². The molecule has 3 heterocycles. The van der Waals surface area contributed by atoms with Crippen molar-refractivity contribution in [2.45, 2.75) is 51.7 Å². The number of piperidine rings is 1. The van der Waals surface area contributed by atoms with E-state index in [-0.39, 0.29) is 35.6 Å². The van der Waals surface area contributed by atoms with Crippen LogP contribution in [0.25, 0.3) is 0 Å². The highest BCUT2D eigenvalue weighted by Crippen LogP contribution is 2.24. The molecule has 2 atom stereocenters. The fraction of sp³-hybridized carbons (Fsp3) is 0.650. The summed E-state index contributed by atoms with van der Waals surface area (Å²) in [6.45, 7) is 7.48. The molecule has 2 amide bonds. The predicted octanol–water partition coefficient (Wildman–Crippen LogP) is 1.98. The fourth-order valence-electron chi connectivity index (χ4n) is 3.60. The van der Waals surface area contributed by atoms with Crippen LogP contribution < -0.4 is 4.74 Å². The molecule has 2 aliphatic heterocycles. The van der Waals surface area contributed by atoms with E-state index in [1.54, 1.807) is 9.80 Å². The van der Waals surface area contributed by atoms with Gasteiger partial charge in [-0.15, -0.1) is 0 Å². The molecule has 0 N–H and O–H groups in total. The average Bonchev–Trinajstić information content (AvgIpc) is 3.15. The van der Waals surface area contributed by atoms with E-state index in [1.807, 2.05) is 26.8 Å². The summed E-state index contributed by atoms with van der Waals surface area (Å²) in [4.78, 5) is 36.7. The monoisotopic (exact) mass is 401 g/mol. The zero-order valence-electron chi connectivity index (χ0n) is 17.1. The van der Waals surface area contributed by atoms with Gasteiger partial charge >= 0.3 is 6.09 Å². The number of carbonyl (C=O) groups is 2. The number of nitrogens with zero attached hydrogens (tertiary/aromatic N) is 5. The van der Waals surface area contributed by atoms with Crippen molar-refractivity contribution in [1.29, 1.82) is 5.26 Å². The Labute approximate surface area is 170 Å². The lowest BCUT2D eigenvalue weighted by Gasteiger charge is -2.35. The Morgan fingerprint density at radius 3 is 2.62 bits per heavy atom. The molecular formula is C20H27N5O4. The zero-order valence-corrected chi connectivity index (χ0v) is 17.1. The van der Waals surface area contributed by atoms with Gasteiger partial charge in [0.1, 0.15) is 17.8 Å². The van der Waals surface area contributed by atoms with Crippen molar-refractivity contribution in [3.8, 4) is 11.9 Å². The molecule has 9 nitrogen and oxygen atoms in total. The van der Waals surface area contributed by atoms with Crippen LogP contribution in [0.15, 0.2) is 12.4 Å². The lowest BCUT2D eigenvalue weighted by atomic mass is 9.97. The van der Waals surface area contributed by atoms with Crippen LogP contribution in [0.1, 0.15) is 45.7 Å². The molecule has 0 aromatic carbocycles. The molecule has 0 aliphatic carbocycles. The van der Waals surface area contributed by atoms with E-state index >= 15 is 0 Å². The number of nitriles is 1. The topological polar surface area (TPSA) is 109 Å². The third-order valence-electron chi connectivity index (χ3n) is 4.93. The van der Waals surface area contributed by atoms with Gasteiger partial charge in [-0.2, -0.15) is 5.26 Å². The maximum absolute atomic E-state index is 13.0. The zero-order chi connectivity index (χ0) is 21.0. The lowest BCUT2D eigenvalue weighted by Crippen LogP contribution is -2.47. The van der Waals surface area contributed by atoms with Gasteiger partial charge in [0.2, 0.25) is 11.6 Å². The number of hydrogen-bond donors (Lipinski definition) is 0. The van der Waals surface area contributed by atoms with E-state index in [4.69, 9.17) is 14.7 Å². The number of carbonyl (C=O) groups excluding carboxylic acids is 2. The Morgan fingerprint density at radius 1 is 1.14 bits per heavy atom. The normalized spacial score (nSPS) is 22.1. The Morgan fingerprint density at radius 2 is 1.90 bits per heavy atom. The van der Waals surface area contributed by atoms with Gasteiger partial charge in [0.25, 0.3) is 5.88 Å². The molecule has 0 spiro atoms. The number of aromatic nitrogens is 2. The minimum Gasteiger partial charge on any atom is -0.470 e. The second kappa shape index (κ2) is 8.64. The lowest BCUT2D eigenvalue weighted by molar-refractivity contribution is -0.136. The molecule has 1 aromatic rings. The van der Waals surface area contributed by atoms with Crippen LogP contribution in [0.2, 0.25) is 0 Å². The highest BCUT2D eigenvalue weighted by molar-refractivity contribution is 5.80. The largest absolute Gasteiger partial charge is 0.470 e. The van der Waals surface area contributed by atoms with Crippen molar-refractivity contribution in [3.05, 3.63) is 18.1 Å². The smallest absolute Gasteiger partial charge is 0.410 e. The summed E-state index contributed by atoms with van der Waals surface area (Å²) in [6, 6.07) is 1.96. The second-order valence-corrected chi connectivity index (χ2v) is 8.40. The fourth-order valence-corrected chi connectivity index (χ4v) is 3.60. The first-order valence-electron chi connectivity index (χ1n) is 9.91. The molecule has 0 saturated carbocycles. The summed E-state index contributed by atoms with van der Waals surface area (Å²) in [7, 11) is 0. The van der Waals surface area contributed by atoms with Gasteiger partial charge in [0, 0.05) is 38.4 Å². The minimum atomic E-state index is -0.559. The predicted molar refractivity (Wildman–Crippen MR) is 103 cm³/mol. The van der Waals surface area contributed by atoms with Crippen molar-refractivity contribution in [2.24, 2.45) is 5.92 Å². The van der Waals surface area contributed by atoms with Crippen LogP contribution in [0.3, 0.4) is 0 Å². The Balaban J connectivity index is 1.55. The van der Waals surface area contributed by atoms with Crippen LogP contribution in [-0.2, 0) is 9.53 Å². The quantitative estimate of drug-likeness (QED) is 0.762. The minimum absolute atomic E-state index is 0.0315. The Bertz CT molecular complexity index is 801. The van der Waals surface area contributed by atoms with Gasteiger partial charge in [-0.3, -0.25) is 4.79 Å². The molecule has 3 rings (SSSR count). The number of hydrogen-bond acceptors (Lipinski definition) is 7.